The first kappa shape index (κ1) is 23.4. The zero-order valence-electron chi connectivity index (χ0n) is 19.9. The number of hydrogen-bond donors (Lipinski definition) is 3. The number of fused-ring (bicyclic) bond motifs is 1. The summed E-state index contributed by atoms with van der Waals surface area (Å²) in [4.78, 5) is 27.6. The number of carbonyl (C=O) groups is 1. The Bertz CT molecular complexity index is 1580. The van der Waals surface area contributed by atoms with Crippen LogP contribution >= 0.6 is 0 Å². The molecule has 1 amide bonds. The van der Waals surface area contributed by atoms with E-state index in [4.69, 9.17) is 0 Å². The number of hydrogen-bond acceptors (Lipinski definition) is 6. The summed E-state index contributed by atoms with van der Waals surface area (Å²) in [7, 11) is 1.96. The van der Waals surface area contributed by atoms with Crippen LogP contribution in [0.2, 0.25) is 0 Å². The first-order valence-electron chi connectivity index (χ1n) is 11.5. The molecule has 2 heterocycles. The second-order valence-corrected chi connectivity index (χ2v) is 8.43. The Hall–Kier alpha value is -5.31. The fourth-order valence-electron chi connectivity index (χ4n) is 3.81. The van der Waals surface area contributed by atoms with Crippen LogP contribution in [0.3, 0.4) is 0 Å². The van der Waals surface area contributed by atoms with Crippen LogP contribution in [0.4, 0.5) is 34.1 Å². The van der Waals surface area contributed by atoms with E-state index >= 15 is 0 Å². The van der Waals surface area contributed by atoms with Crippen molar-refractivity contribution >= 4 is 50.9 Å². The molecule has 3 N–H and O–H groups in total. The predicted octanol–water partition coefficient (Wildman–Crippen LogP) is 5.71. The third-order valence-electron chi connectivity index (χ3n) is 5.77. The van der Waals surface area contributed by atoms with Crippen molar-refractivity contribution in [3.05, 3.63) is 119 Å². The summed E-state index contributed by atoms with van der Waals surface area (Å²) in [6.45, 7) is 0. The van der Waals surface area contributed by atoms with Crippen LogP contribution in [0, 0.1) is 10.1 Å². The number of benzene rings is 3. The Morgan fingerprint density at radius 2 is 1.43 bits per heavy atom. The molecule has 0 fully saturated rings. The molecule has 3 aromatic carbocycles. The highest BCUT2D eigenvalue weighted by Gasteiger charge is 2.11. The van der Waals surface area contributed by atoms with Crippen LogP contribution in [-0.4, -0.2) is 15.8 Å². The highest BCUT2D eigenvalue weighted by atomic mass is 16.6. The minimum Gasteiger partial charge on any atom is -0.355 e. The van der Waals surface area contributed by atoms with Crippen LogP contribution in [-0.2, 0) is 7.05 Å². The summed E-state index contributed by atoms with van der Waals surface area (Å²) in [5.41, 5.74) is 5.14. The van der Waals surface area contributed by atoms with E-state index in [0.29, 0.717) is 16.8 Å². The largest absolute Gasteiger partial charge is 0.355 e. The van der Waals surface area contributed by atoms with E-state index in [1.807, 2.05) is 60.4 Å². The molecule has 5 rings (SSSR count). The SMILES string of the molecule is C[n+]1ccc(Nc2ccc(NC(=O)c3ccc(Nc4ccnc5cc([N+](=O)[O-])ccc45)cc3)cc2)cc1. The Morgan fingerprint density at radius 1 is 0.811 bits per heavy atom. The third kappa shape index (κ3) is 5.51. The van der Waals surface area contributed by atoms with Crippen molar-refractivity contribution in [2.24, 2.45) is 7.05 Å². The molecule has 9 heteroatoms. The first-order chi connectivity index (χ1) is 17.9. The lowest BCUT2D eigenvalue weighted by Crippen LogP contribution is -2.25. The third-order valence-corrected chi connectivity index (χ3v) is 5.77. The number of nitro benzene ring substituents is 1. The van der Waals surface area contributed by atoms with E-state index in [9.17, 15) is 14.9 Å². The minimum atomic E-state index is -0.443. The maximum absolute atomic E-state index is 12.7. The molecule has 5 aromatic rings. The molecule has 0 saturated heterocycles. The average molecular weight is 492 g/mol. The molecular formula is C28H23N6O3+. The van der Waals surface area contributed by atoms with E-state index in [-0.39, 0.29) is 11.6 Å². The first-order valence-corrected chi connectivity index (χ1v) is 11.5. The summed E-state index contributed by atoms with van der Waals surface area (Å²) in [6.07, 6.45) is 5.52. The van der Waals surface area contributed by atoms with Gasteiger partial charge < -0.3 is 16.0 Å². The minimum absolute atomic E-state index is 0.0103. The number of nitrogens with one attached hydrogen (secondary N) is 3. The highest BCUT2D eigenvalue weighted by Crippen LogP contribution is 2.28. The van der Waals surface area contributed by atoms with Crippen LogP contribution in [0.15, 0.2) is 104 Å². The molecular weight excluding hydrogens is 468 g/mol. The molecule has 0 unspecified atom stereocenters. The van der Waals surface area contributed by atoms with Crippen molar-refractivity contribution in [3.63, 3.8) is 0 Å². The number of nitrogens with zero attached hydrogens (tertiary/aromatic N) is 3. The van der Waals surface area contributed by atoms with Crippen molar-refractivity contribution < 1.29 is 14.3 Å². The smallest absolute Gasteiger partial charge is 0.271 e. The molecule has 9 nitrogen and oxygen atoms in total. The number of rotatable bonds is 7. The zero-order valence-corrected chi connectivity index (χ0v) is 19.9. The Morgan fingerprint density at radius 3 is 2.14 bits per heavy atom. The van der Waals surface area contributed by atoms with Crippen molar-refractivity contribution in [3.8, 4) is 0 Å². The number of aromatic nitrogens is 2. The summed E-state index contributed by atoms with van der Waals surface area (Å²) in [5, 5.41) is 21.3. The van der Waals surface area contributed by atoms with E-state index in [1.54, 1.807) is 42.6 Å². The van der Waals surface area contributed by atoms with E-state index in [2.05, 4.69) is 20.9 Å². The summed E-state index contributed by atoms with van der Waals surface area (Å²) >= 11 is 0. The number of aryl methyl sites for hydroxylation is 1. The Kier molecular flexibility index (Phi) is 6.41. The monoisotopic (exact) mass is 491 g/mol. The number of pyridine rings is 2. The number of non-ortho nitro benzene ring substituents is 1. The highest BCUT2D eigenvalue weighted by molar-refractivity contribution is 6.04. The molecule has 0 aliphatic heterocycles. The number of nitro groups is 1. The number of amides is 1. The predicted molar refractivity (Wildman–Crippen MR) is 143 cm³/mol. The standard InChI is InChI=1S/C28H22N6O3/c1-33-16-13-23(14-17-33)30-20-6-8-22(9-7-20)32-28(35)19-2-4-21(5-3-19)31-26-12-15-29-27-18-24(34(36)37)10-11-25(26)27/h2-18H,1H3,(H2,29,31,32,35)/p+1. The van der Waals surface area contributed by atoms with Crippen molar-refractivity contribution in [1.29, 1.82) is 0 Å². The van der Waals surface area contributed by atoms with E-state index in [0.717, 1.165) is 28.1 Å². The maximum Gasteiger partial charge on any atom is 0.271 e. The molecule has 0 aliphatic rings. The average Bonchev–Trinajstić information content (AvgIpc) is 2.91. The Labute approximate surface area is 212 Å². The van der Waals surface area contributed by atoms with Gasteiger partial charge in [0.15, 0.2) is 12.4 Å². The molecule has 0 saturated carbocycles. The summed E-state index contributed by atoms with van der Waals surface area (Å²) in [6, 6.07) is 24.9. The van der Waals surface area contributed by atoms with Gasteiger partial charge in [-0.2, -0.15) is 0 Å². The topological polar surface area (TPSA) is 113 Å². The quantitative estimate of drug-likeness (QED) is 0.153. The zero-order chi connectivity index (χ0) is 25.8. The van der Waals surface area contributed by atoms with E-state index in [1.165, 1.54) is 12.1 Å². The van der Waals surface area contributed by atoms with Gasteiger partial charge in [-0.25, -0.2) is 4.57 Å². The van der Waals surface area contributed by atoms with Gasteiger partial charge in [-0.15, -0.1) is 0 Å². The van der Waals surface area contributed by atoms with E-state index < -0.39 is 4.92 Å². The van der Waals surface area contributed by atoms with Crippen LogP contribution < -0.4 is 20.5 Å². The molecule has 182 valence electrons. The second-order valence-electron chi connectivity index (χ2n) is 8.43. The van der Waals surface area contributed by atoms with Gasteiger partial charge >= 0.3 is 0 Å². The summed E-state index contributed by atoms with van der Waals surface area (Å²) in [5.74, 6) is -0.218. The molecule has 2 aromatic heterocycles. The Balaban J connectivity index is 1.23. The van der Waals surface area contributed by atoms with Gasteiger partial charge in [-0.05, 0) is 60.7 Å². The molecule has 0 radical (unpaired) electrons. The second kappa shape index (κ2) is 10.1. The van der Waals surface area contributed by atoms with Gasteiger partial charge in [0, 0.05) is 64.2 Å². The molecule has 37 heavy (non-hydrogen) atoms. The van der Waals surface area contributed by atoms with Crippen LogP contribution in [0.25, 0.3) is 10.9 Å². The van der Waals surface area contributed by atoms with Gasteiger partial charge in [0.2, 0.25) is 0 Å². The lowest BCUT2D eigenvalue weighted by atomic mass is 10.1. The van der Waals surface area contributed by atoms with Crippen LogP contribution in [0.5, 0.6) is 0 Å². The fourth-order valence-corrected chi connectivity index (χ4v) is 3.81. The lowest BCUT2D eigenvalue weighted by Gasteiger charge is -2.11. The van der Waals surface area contributed by atoms with Gasteiger partial charge in [-0.1, -0.05) is 0 Å². The van der Waals surface area contributed by atoms with Crippen molar-refractivity contribution in [1.82, 2.24) is 4.98 Å². The number of carbonyl (C=O) groups excluding carboxylic acids is 1. The van der Waals surface area contributed by atoms with Gasteiger partial charge in [0.1, 0.15) is 7.05 Å². The van der Waals surface area contributed by atoms with Crippen molar-refractivity contribution in [2.45, 2.75) is 0 Å². The summed E-state index contributed by atoms with van der Waals surface area (Å²) < 4.78 is 1.96. The maximum atomic E-state index is 12.7. The van der Waals surface area contributed by atoms with Gasteiger partial charge in [-0.3, -0.25) is 19.9 Å². The number of anilines is 5. The molecule has 0 spiro atoms. The van der Waals surface area contributed by atoms with Crippen molar-refractivity contribution in [2.75, 3.05) is 16.0 Å². The normalized spacial score (nSPS) is 10.6. The fraction of sp³-hybridized carbons (Fsp3) is 0.0357. The molecule has 0 atom stereocenters. The van der Waals surface area contributed by atoms with Gasteiger partial charge in [0.25, 0.3) is 11.6 Å². The van der Waals surface area contributed by atoms with Crippen LogP contribution in [0.1, 0.15) is 10.4 Å². The van der Waals surface area contributed by atoms with Gasteiger partial charge in [0.05, 0.1) is 16.1 Å². The lowest BCUT2D eigenvalue weighted by molar-refractivity contribution is -0.671. The molecule has 0 aliphatic carbocycles. The molecule has 0 bridgehead atoms.